The maximum absolute atomic E-state index is 8.65. The number of hydrogen-bond donors (Lipinski definition) is 1. The van der Waals surface area contributed by atoms with Gasteiger partial charge >= 0.3 is 0 Å². The van der Waals surface area contributed by atoms with E-state index >= 15 is 0 Å². The van der Waals surface area contributed by atoms with Crippen molar-refractivity contribution >= 4 is 0 Å². The second kappa shape index (κ2) is 6.81. The Morgan fingerprint density at radius 3 is 2.47 bits per heavy atom. The molecular weight excluding hydrogens is 186 g/mol. The van der Waals surface area contributed by atoms with E-state index in [9.17, 15) is 0 Å². The SMILES string of the molecule is CC(C#N)CNCC(C)N1CCCCC1. The zero-order valence-electron chi connectivity index (χ0n) is 10.00. The molecule has 1 heterocycles. The van der Waals surface area contributed by atoms with Crippen molar-refractivity contribution in [3.05, 3.63) is 0 Å². The van der Waals surface area contributed by atoms with Crippen LogP contribution < -0.4 is 5.32 Å². The fraction of sp³-hybridized carbons (Fsp3) is 0.917. The van der Waals surface area contributed by atoms with Gasteiger partial charge in [0.05, 0.1) is 12.0 Å². The third-order valence-corrected chi connectivity index (χ3v) is 3.12. The molecule has 0 aliphatic carbocycles. The molecule has 0 aromatic rings. The fourth-order valence-corrected chi connectivity index (χ4v) is 2.04. The average Bonchev–Trinajstić information content (AvgIpc) is 2.29. The summed E-state index contributed by atoms with van der Waals surface area (Å²) in [6.07, 6.45) is 4.08. The first-order chi connectivity index (χ1) is 7.24. The van der Waals surface area contributed by atoms with E-state index in [1.54, 1.807) is 0 Å². The minimum atomic E-state index is 0.124. The zero-order valence-corrected chi connectivity index (χ0v) is 10.00. The molecule has 2 unspecified atom stereocenters. The van der Waals surface area contributed by atoms with Crippen LogP contribution in [0.5, 0.6) is 0 Å². The maximum atomic E-state index is 8.65. The van der Waals surface area contributed by atoms with Crippen LogP contribution in [0.25, 0.3) is 0 Å². The Hall–Kier alpha value is -0.590. The minimum absolute atomic E-state index is 0.124. The van der Waals surface area contributed by atoms with Crippen LogP contribution in [-0.4, -0.2) is 37.1 Å². The second-order valence-electron chi connectivity index (χ2n) is 4.63. The van der Waals surface area contributed by atoms with Crippen LogP contribution in [0.2, 0.25) is 0 Å². The predicted octanol–water partition coefficient (Wildman–Crippen LogP) is 1.61. The number of likely N-dealkylation sites (tertiary alicyclic amines) is 1. The highest BCUT2D eigenvalue weighted by molar-refractivity contribution is 4.81. The van der Waals surface area contributed by atoms with Gasteiger partial charge < -0.3 is 5.32 Å². The van der Waals surface area contributed by atoms with Gasteiger partial charge in [-0.25, -0.2) is 0 Å². The van der Waals surface area contributed by atoms with Crippen molar-refractivity contribution in [3.8, 4) is 6.07 Å². The monoisotopic (exact) mass is 209 g/mol. The Morgan fingerprint density at radius 2 is 1.87 bits per heavy atom. The van der Waals surface area contributed by atoms with Crippen LogP contribution in [0.1, 0.15) is 33.1 Å². The molecule has 1 N–H and O–H groups in total. The molecule has 1 fully saturated rings. The van der Waals surface area contributed by atoms with Crippen molar-refractivity contribution < 1.29 is 0 Å². The van der Waals surface area contributed by atoms with Gasteiger partial charge in [-0.3, -0.25) is 4.90 Å². The van der Waals surface area contributed by atoms with Crippen LogP contribution in [0, 0.1) is 17.2 Å². The highest BCUT2D eigenvalue weighted by Crippen LogP contribution is 2.11. The average molecular weight is 209 g/mol. The fourth-order valence-electron chi connectivity index (χ4n) is 2.04. The zero-order chi connectivity index (χ0) is 11.1. The van der Waals surface area contributed by atoms with E-state index in [1.165, 1.54) is 32.4 Å². The molecule has 1 saturated heterocycles. The Labute approximate surface area is 93.5 Å². The van der Waals surface area contributed by atoms with Gasteiger partial charge in [0, 0.05) is 19.1 Å². The quantitative estimate of drug-likeness (QED) is 0.747. The summed E-state index contributed by atoms with van der Waals surface area (Å²) in [7, 11) is 0. The molecule has 0 radical (unpaired) electrons. The molecule has 0 aromatic carbocycles. The predicted molar refractivity (Wildman–Crippen MR) is 62.5 cm³/mol. The molecule has 86 valence electrons. The van der Waals surface area contributed by atoms with Gasteiger partial charge in [0.2, 0.25) is 0 Å². The lowest BCUT2D eigenvalue weighted by Gasteiger charge is -2.32. The van der Waals surface area contributed by atoms with Gasteiger partial charge in [-0.15, -0.1) is 0 Å². The van der Waals surface area contributed by atoms with E-state index in [0.29, 0.717) is 6.04 Å². The van der Waals surface area contributed by atoms with E-state index in [-0.39, 0.29) is 5.92 Å². The van der Waals surface area contributed by atoms with Crippen molar-refractivity contribution in [1.29, 1.82) is 5.26 Å². The first-order valence-electron chi connectivity index (χ1n) is 6.08. The van der Waals surface area contributed by atoms with Crippen LogP contribution >= 0.6 is 0 Å². The topological polar surface area (TPSA) is 39.1 Å². The first kappa shape index (κ1) is 12.5. The van der Waals surface area contributed by atoms with Crippen molar-refractivity contribution in [1.82, 2.24) is 10.2 Å². The number of nitrogens with zero attached hydrogens (tertiary/aromatic N) is 2. The lowest BCUT2D eigenvalue weighted by atomic mass is 10.1. The highest BCUT2D eigenvalue weighted by atomic mass is 15.2. The van der Waals surface area contributed by atoms with Gasteiger partial charge in [0.1, 0.15) is 0 Å². The summed E-state index contributed by atoms with van der Waals surface area (Å²) in [5, 5.41) is 12.0. The molecule has 15 heavy (non-hydrogen) atoms. The molecule has 0 aromatic heterocycles. The molecule has 0 amide bonds. The summed E-state index contributed by atoms with van der Waals surface area (Å²) in [6, 6.07) is 2.85. The minimum Gasteiger partial charge on any atom is -0.314 e. The van der Waals surface area contributed by atoms with E-state index in [2.05, 4.69) is 23.2 Å². The van der Waals surface area contributed by atoms with Crippen LogP contribution in [-0.2, 0) is 0 Å². The smallest absolute Gasteiger partial charge is 0.0666 e. The number of nitriles is 1. The molecule has 3 nitrogen and oxygen atoms in total. The van der Waals surface area contributed by atoms with Crippen LogP contribution in [0.3, 0.4) is 0 Å². The maximum Gasteiger partial charge on any atom is 0.0666 e. The molecule has 1 aliphatic rings. The Kier molecular flexibility index (Phi) is 5.67. The Balaban J connectivity index is 2.12. The third-order valence-electron chi connectivity index (χ3n) is 3.12. The molecule has 0 saturated carbocycles. The van der Waals surface area contributed by atoms with Gasteiger partial charge in [-0.2, -0.15) is 5.26 Å². The van der Waals surface area contributed by atoms with E-state index in [4.69, 9.17) is 5.26 Å². The van der Waals surface area contributed by atoms with Crippen molar-refractivity contribution in [2.24, 2.45) is 5.92 Å². The molecular formula is C12H23N3. The molecule has 3 heteroatoms. The number of piperidine rings is 1. The van der Waals surface area contributed by atoms with Gasteiger partial charge in [-0.1, -0.05) is 6.42 Å². The van der Waals surface area contributed by atoms with Crippen molar-refractivity contribution in [2.45, 2.75) is 39.2 Å². The third kappa shape index (κ3) is 4.63. The molecule has 0 bridgehead atoms. The summed E-state index contributed by atoms with van der Waals surface area (Å²) in [6.45, 7) is 8.54. The van der Waals surface area contributed by atoms with E-state index in [1.807, 2.05) is 6.92 Å². The molecule has 1 rings (SSSR count). The number of nitrogens with one attached hydrogen (secondary N) is 1. The molecule has 2 atom stereocenters. The Morgan fingerprint density at radius 1 is 1.20 bits per heavy atom. The summed E-state index contributed by atoms with van der Waals surface area (Å²) in [5.74, 6) is 0.124. The summed E-state index contributed by atoms with van der Waals surface area (Å²) < 4.78 is 0. The number of rotatable bonds is 5. The van der Waals surface area contributed by atoms with Gasteiger partial charge in [0.25, 0.3) is 0 Å². The molecule has 1 aliphatic heterocycles. The van der Waals surface area contributed by atoms with Crippen LogP contribution in [0.4, 0.5) is 0 Å². The lowest BCUT2D eigenvalue weighted by Crippen LogP contribution is -2.43. The van der Waals surface area contributed by atoms with Crippen LogP contribution in [0.15, 0.2) is 0 Å². The Bertz CT molecular complexity index is 203. The van der Waals surface area contributed by atoms with E-state index < -0.39 is 0 Å². The number of hydrogen-bond acceptors (Lipinski definition) is 3. The van der Waals surface area contributed by atoms with Gasteiger partial charge in [-0.05, 0) is 39.8 Å². The first-order valence-corrected chi connectivity index (χ1v) is 6.08. The second-order valence-corrected chi connectivity index (χ2v) is 4.63. The summed E-state index contributed by atoms with van der Waals surface area (Å²) in [4.78, 5) is 2.55. The highest BCUT2D eigenvalue weighted by Gasteiger charge is 2.15. The normalized spacial score (nSPS) is 21.9. The van der Waals surface area contributed by atoms with Gasteiger partial charge in [0.15, 0.2) is 0 Å². The summed E-state index contributed by atoms with van der Waals surface area (Å²) in [5.41, 5.74) is 0. The molecule has 0 spiro atoms. The standard InChI is InChI=1S/C12H23N3/c1-11(8-13)9-14-10-12(2)15-6-4-3-5-7-15/h11-12,14H,3-7,9-10H2,1-2H3. The summed E-state index contributed by atoms with van der Waals surface area (Å²) >= 11 is 0. The largest absolute Gasteiger partial charge is 0.314 e. The van der Waals surface area contributed by atoms with E-state index in [0.717, 1.165) is 13.1 Å². The van der Waals surface area contributed by atoms with Crippen molar-refractivity contribution in [3.63, 3.8) is 0 Å². The lowest BCUT2D eigenvalue weighted by molar-refractivity contribution is 0.170. The van der Waals surface area contributed by atoms with Crippen molar-refractivity contribution in [2.75, 3.05) is 26.2 Å².